The number of nitrogen functional groups attached to an aromatic ring is 1. The normalized spacial score (nSPS) is 11.2. The molecular formula is C15H25ClN2O2. The zero-order chi connectivity index (χ0) is 14.8. The summed E-state index contributed by atoms with van der Waals surface area (Å²) in [6, 6.07) is 5.59. The Morgan fingerprint density at radius 1 is 1.10 bits per heavy atom. The fraction of sp³-hybridized carbons (Fsp3) is 0.600. The Labute approximate surface area is 126 Å². The molecule has 0 aliphatic heterocycles. The molecule has 0 aliphatic carbocycles. The molecule has 0 unspecified atom stereocenters. The lowest BCUT2D eigenvalue weighted by atomic mass is 10.2. The second kappa shape index (κ2) is 10.00. The van der Waals surface area contributed by atoms with Crippen molar-refractivity contribution in [3.63, 3.8) is 0 Å². The van der Waals surface area contributed by atoms with Gasteiger partial charge in [-0.3, -0.25) is 4.90 Å². The van der Waals surface area contributed by atoms with Crippen LogP contribution in [0.3, 0.4) is 0 Å². The summed E-state index contributed by atoms with van der Waals surface area (Å²) in [5, 5.41) is 0.747. The van der Waals surface area contributed by atoms with E-state index in [0.29, 0.717) is 13.2 Å². The molecule has 0 radical (unpaired) electrons. The second-order valence-electron chi connectivity index (χ2n) is 4.52. The molecule has 0 spiro atoms. The molecule has 1 aromatic rings. The van der Waals surface area contributed by atoms with Gasteiger partial charge in [-0.15, -0.1) is 0 Å². The van der Waals surface area contributed by atoms with Crippen LogP contribution in [0.25, 0.3) is 0 Å². The van der Waals surface area contributed by atoms with Crippen molar-refractivity contribution in [1.82, 2.24) is 4.90 Å². The summed E-state index contributed by atoms with van der Waals surface area (Å²) in [6.45, 7) is 9.35. The van der Waals surface area contributed by atoms with Crippen molar-refractivity contribution in [2.45, 2.75) is 20.4 Å². The van der Waals surface area contributed by atoms with E-state index in [1.165, 1.54) is 0 Å². The summed E-state index contributed by atoms with van der Waals surface area (Å²) in [5.74, 6) is 0. The van der Waals surface area contributed by atoms with E-state index in [2.05, 4.69) is 4.90 Å². The van der Waals surface area contributed by atoms with Crippen LogP contribution in [0, 0.1) is 0 Å². The second-order valence-corrected chi connectivity index (χ2v) is 4.93. The van der Waals surface area contributed by atoms with Gasteiger partial charge in [-0.2, -0.15) is 0 Å². The minimum absolute atomic E-state index is 0.711. The number of nitrogens with zero attached hydrogens (tertiary/aromatic N) is 1. The number of ether oxygens (including phenoxy) is 2. The fourth-order valence-electron chi connectivity index (χ4n) is 1.90. The molecule has 0 bridgehead atoms. The van der Waals surface area contributed by atoms with Gasteiger partial charge in [-0.1, -0.05) is 11.6 Å². The smallest absolute Gasteiger partial charge is 0.0593 e. The van der Waals surface area contributed by atoms with Crippen LogP contribution < -0.4 is 5.73 Å². The Hall–Kier alpha value is -0.810. The fourth-order valence-corrected chi connectivity index (χ4v) is 2.08. The Bertz CT molecular complexity index is 378. The lowest BCUT2D eigenvalue weighted by Crippen LogP contribution is -2.31. The average Bonchev–Trinajstić information content (AvgIpc) is 2.43. The molecule has 0 aromatic heterocycles. The van der Waals surface area contributed by atoms with Crippen molar-refractivity contribution in [3.8, 4) is 0 Å². The Morgan fingerprint density at radius 2 is 1.70 bits per heavy atom. The minimum atomic E-state index is 0.711. The molecule has 0 saturated carbocycles. The van der Waals surface area contributed by atoms with Gasteiger partial charge in [-0.05, 0) is 37.6 Å². The van der Waals surface area contributed by atoms with Crippen molar-refractivity contribution in [2.75, 3.05) is 45.3 Å². The zero-order valence-electron chi connectivity index (χ0n) is 12.4. The highest BCUT2D eigenvalue weighted by atomic mass is 35.5. The maximum absolute atomic E-state index is 6.22. The van der Waals surface area contributed by atoms with Crippen LogP contribution in [-0.4, -0.2) is 44.4 Å². The average molecular weight is 301 g/mol. The largest absolute Gasteiger partial charge is 0.399 e. The number of halogens is 1. The molecule has 114 valence electrons. The molecular weight excluding hydrogens is 276 g/mol. The third-order valence-corrected chi connectivity index (χ3v) is 3.34. The van der Waals surface area contributed by atoms with Gasteiger partial charge in [0.25, 0.3) is 0 Å². The quantitative estimate of drug-likeness (QED) is 0.533. The first-order valence-electron chi connectivity index (χ1n) is 7.09. The van der Waals surface area contributed by atoms with Gasteiger partial charge in [-0.25, -0.2) is 0 Å². The Balaban J connectivity index is 2.58. The van der Waals surface area contributed by atoms with E-state index in [9.17, 15) is 0 Å². The first-order chi connectivity index (χ1) is 9.67. The van der Waals surface area contributed by atoms with E-state index >= 15 is 0 Å². The summed E-state index contributed by atoms with van der Waals surface area (Å²) in [5.41, 5.74) is 7.60. The molecule has 1 rings (SSSR count). The number of anilines is 1. The number of nitrogens with two attached hydrogens (primary N) is 1. The molecule has 0 fully saturated rings. The Morgan fingerprint density at radius 3 is 2.25 bits per heavy atom. The third-order valence-electron chi connectivity index (χ3n) is 2.98. The van der Waals surface area contributed by atoms with Crippen LogP contribution in [0.2, 0.25) is 5.02 Å². The molecule has 0 amide bonds. The maximum Gasteiger partial charge on any atom is 0.0593 e. The maximum atomic E-state index is 6.22. The van der Waals surface area contributed by atoms with Crippen molar-refractivity contribution in [1.29, 1.82) is 0 Å². The molecule has 1 aromatic carbocycles. The summed E-state index contributed by atoms with van der Waals surface area (Å²) in [7, 11) is 0. The summed E-state index contributed by atoms with van der Waals surface area (Å²) < 4.78 is 10.8. The standard InChI is InChI=1S/C15H25ClN2O2/c1-3-19-9-7-18(8-10-20-4-2)12-13-11-14(17)5-6-15(13)16/h5-6,11H,3-4,7-10,12,17H2,1-2H3. The topological polar surface area (TPSA) is 47.7 Å². The summed E-state index contributed by atoms with van der Waals surface area (Å²) in [6.07, 6.45) is 0. The van der Waals surface area contributed by atoms with Crippen LogP contribution >= 0.6 is 11.6 Å². The number of benzene rings is 1. The number of rotatable bonds is 10. The highest BCUT2D eigenvalue weighted by Crippen LogP contribution is 2.20. The Kier molecular flexibility index (Phi) is 8.62. The highest BCUT2D eigenvalue weighted by Gasteiger charge is 2.09. The van der Waals surface area contributed by atoms with E-state index in [1.54, 1.807) is 0 Å². The summed E-state index contributed by atoms with van der Waals surface area (Å²) >= 11 is 6.22. The first-order valence-corrected chi connectivity index (χ1v) is 7.46. The summed E-state index contributed by atoms with van der Waals surface area (Å²) in [4.78, 5) is 2.27. The van der Waals surface area contributed by atoms with E-state index < -0.39 is 0 Å². The number of hydrogen-bond acceptors (Lipinski definition) is 4. The van der Waals surface area contributed by atoms with Crippen molar-refractivity contribution in [3.05, 3.63) is 28.8 Å². The van der Waals surface area contributed by atoms with E-state index in [4.69, 9.17) is 26.8 Å². The van der Waals surface area contributed by atoms with Gasteiger partial charge in [0, 0.05) is 43.6 Å². The predicted octanol–water partition coefficient (Wildman–Crippen LogP) is 2.80. The number of hydrogen-bond donors (Lipinski definition) is 1. The van der Waals surface area contributed by atoms with E-state index in [-0.39, 0.29) is 0 Å². The van der Waals surface area contributed by atoms with Crippen LogP contribution in [0.4, 0.5) is 5.69 Å². The molecule has 5 heteroatoms. The van der Waals surface area contributed by atoms with Crippen LogP contribution in [0.15, 0.2) is 18.2 Å². The molecule has 0 heterocycles. The molecule has 0 aliphatic rings. The molecule has 0 atom stereocenters. The van der Waals surface area contributed by atoms with Gasteiger partial charge in [0.2, 0.25) is 0 Å². The monoisotopic (exact) mass is 300 g/mol. The molecule has 4 nitrogen and oxygen atoms in total. The van der Waals surface area contributed by atoms with Crippen molar-refractivity contribution >= 4 is 17.3 Å². The van der Waals surface area contributed by atoms with Gasteiger partial charge in [0.15, 0.2) is 0 Å². The van der Waals surface area contributed by atoms with Gasteiger partial charge < -0.3 is 15.2 Å². The molecule has 0 saturated heterocycles. The zero-order valence-corrected chi connectivity index (χ0v) is 13.2. The highest BCUT2D eigenvalue weighted by molar-refractivity contribution is 6.31. The lowest BCUT2D eigenvalue weighted by Gasteiger charge is -2.22. The van der Waals surface area contributed by atoms with Gasteiger partial charge in [0.05, 0.1) is 13.2 Å². The van der Waals surface area contributed by atoms with Crippen LogP contribution in [0.5, 0.6) is 0 Å². The third kappa shape index (κ3) is 6.57. The van der Waals surface area contributed by atoms with Crippen molar-refractivity contribution < 1.29 is 9.47 Å². The van der Waals surface area contributed by atoms with Crippen LogP contribution in [0.1, 0.15) is 19.4 Å². The van der Waals surface area contributed by atoms with Gasteiger partial charge >= 0.3 is 0 Å². The predicted molar refractivity (Wildman–Crippen MR) is 84.1 cm³/mol. The van der Waals surface area contributed by atoms with Crippen molar-refractivity contribution in [2.24, 2.45) is 0 Å². The van der Waals surface area contributed by atoms with E-state index in [0.717, 1.165) is 49.1 Å². The van der Waals surface area contributed by atoms with Gasteiger partial charge in [0.1, 0.15) is 0 Å². The van der Waals surface area contributed by atoms with Crippen LogP contribution in [-0.2, 0) is 16.0 Å². The molecule has 20 heavy (non-hydrogen) atoms. The lowest BCUT2D eigenvalue weighted by molar-refractivity contribution is 0.0798. The minimum Gasteiger partial charge on any atom is -0.399 e. The SMILES string of the molecule is CCOCCN(CCOCC)Cc1cc(N)ccc1Cl. The first kappa shape index (κ1) is 17.2. The van der Waals surface area contributed by atoms with E-state index in [1.807, 2.05) is 32.0 Å². The molecule has 2 N–H and O–H groups in total.